The van der Waals surface area contributed by atoms with E-state index >= 15 is 0 Å². The fourth-order valence-electron chi connectivity index (χ4n) is 12.9. The lowest BCUT2D eigenvalue weighted by Crippen LogP contribution is -2.29. The summed E-state index contributed by atoms with van der Waals surface area (Å²) in [7, 11) is -1.34. The molecule has 14 aromatic carbocycles. The van der Waals surface area contributed by atoms with E-state index in [1.165, 1.54) is 0 Å². The third-order valence-electron chi connectivity index (χ3n) is 17.8. The van der Waals surface area contributed by atoms with Gasteiger partial charge in [0.05, 0.1) is 16.1 Å². The summed E-state index contributed by atoms with van der Waals surface area (Å²) in [5, 5.41) is 21.6. The molecule has 0 radical (unpaired) electrons. The second-order valence-electron chi connectivity index (χ2n) is 24.4. The van der Waals surface area contributed by atoms with Crippen LogP contribution in [0.2, 0.25) is 5.02 Å². The molecule has 0 aliphatic carbocycles. The quantitative estimate of drug-likeness (QED) is 0.113. The lowest BCUT2D eigenvalue weighted by molar-refractivity contribution is 0.426. The molecule has 4 aromatic heterocycles. The number of benzene rings is 14. The maximum atomic E-state index is 8.58. The molecule has 0 atom stereocenters. The summed E-state index contributed by atoms with van der Waals surface area (Å²) in [6.45, 7) is 0. The molecule has 12 heteroatoms. The predicted octanol–water partition coefficient (Wildman–Crippen LogP) is 23.2. The molecule has 0 fully saturated rings. The molecule has 0 spiro atoms. The first kappa shape index (κ1) is 68.1. The molecule has 2 N–H and O–H groups in total. The Bertz CT molecular complexity index is 5830. The van der Waals surface area contributed by atoms with E-state index in [1.54, 1.807) is 24.3 Å². The highest BCUT2D eigenvalue weighted by atomic mass is 35.5. The maximum absolute atomic E-state index is 8.58. The minimum Gasteiger partial charge on any atom is -0.455 e. The number of hydrogen-bond acceptors (Lipinski definition) is 10. The average Bonchev–Trinajstić information content (AvgIpc) is 1.57. The van der Waals surface area contributed by atoms with E-state index in [2.05, 4.69) is 152 Å². The van der Waals surface area contributed by atoms with Gasteiger partial charge in [-0.05, 0) is 92.4 Å². The topological polar surface area (TPSA) is 144 Å². The van der Waals surface area contributed by atoms with Crippen molar-refractivity contribution in [2.45, 2.75) is 14.9 Å². The Hall–Kier alpha value is -13.0. The van der Waals surface area contributed by atoms with Crippen LogP contribution in [0.5, 0.6) is 0 Å². The van der Waals surface area contributed by atoms with E-state index in [-0.39, 0.29) is 14.9 Å². The minimum absolute atomic E-state index is 0. The number of fused-ring (bicyclic) bond motifs is 6. The van der Waals surface area contributed by atoms with Gasteiger partial charge in [0.1, 0.15) is 22.3 Å². The normalized spacial score (nSPS) is 10.9. The zero-order valence-electron chi connectivity index (χ0n) is 54.8. The summed E-state index contributed by atoms with van der Waals surface area (Å²) in [6, 6.07) is 118. The molecule has 0 saturated heterocycles. The molecule has 0 aliphatic rings. The Morgan fingerprint density at radius 3 is 0.817 bits per heavy atom. The van der Waals surface area contributed by atoms with E-state index < -0.39 is 7.12 Å². The molecule has 18 aromatic rings. The highest BCUT2D eigenvalue weighted by Crippen LogP contribution is 2.48. The number of furan rings is 2. The molecule has 0 unspecified atom stereocenters. The van der Waals surface area contributed by atoms with Gasteiger partial charge < -0.3 is 18.9 Å². The van der Waals surface area contributed by atoms with E-state index in [0.29, 0.717) is 51.0 Å². The van der Waals surface area contributed by atoms with E-state index in [4.69, 9.17) is 60.4 Å². The molecule has 0 saturated carbocycles. The summed E-state index contributed by atoms with van der Waals surface area (Å²) < 4.78 is 13.9. The first-order chi connectivity index (χ1) is 50.3. The fourth-order valence-corrected chi connectivity index (χ4v) is 13.1. The fraction of sp³-hybridized carbons (Fsp3) is 0.0217. The van der Waals surface area contributed by atoms with Crippen LogP contribution in [-0.2, 0) is 0 Å². The second kappa shape index (κ2) is 30.8. The van der Waals surface area contributed by atoms with E-state index in [9.17, 15) is 0 Å². The van der Waals surface area contributed by atoms with Crippen LogP contribution in [-0.4, -0.2) is 47.1 Å². The molecule has 0 bridgehead atoms. The van der Waals surface area contributed by atoms with Gasteiger partial charge in [-0.3, -0.25) is 0 Å². The standard InChI is InChI=1S/C45H29N3O.C39H24ClN3O.C6H7BO2.2CH4/c1-6-16-30(17-7-1)35-28-38(32-20-10-3-11-21-32)41-39(29-35)40-36(31-18-8-2-9-19-31)26-27-37(42(40)49-41)45-47-43(33-22-12-4-13-23-33)46-44(48-45)34-24-14-5-15-25-34;40-33-22-21-30(39-42-37(27-17-9-3-10-18-27)41-38(43-39)28-19-11-4-12-20-28)36-34(33)32-24-29(25-13-5-1-6-14-25)23-31(35(32)44-36)26-15-7-2-8-16-26;8-7(9)6-4-2-1-3-5-6;;/h1-29H;1-24H;1-5,8-9H;2*1H4. The zero-order valence-corrected chi connectivity index (χ0v) is 55.6. The van der Waals surface area contributed by atoms with Gasteiger partial charge in [0.15, 0.2) is 34.9 Å². The lowest BCUT2D eigenvalue weighted by Gasteiger charge is -2.11. The van der Waals surface area contributed by atoms with Gasteiger partial charge >= 0.3 is 7.12 Å². The van der Waals surface area contributed by atoms with Crippen molar-refractivity contribution in [1.29, 1.82) is 0 Å². The monoisotopic (exact) mass is 1370 g/mol. The van der Waals surface area contributed by atoms with Gasteiger partial charge in [0.25, 0.3) is 0 Å². The number of nitrogens with zero attached hydrogens (tertiary/aromatic N) is 6. The van der Waals surface area contributed by atoms with Crippen molar-refractivity contribution in [1.82, 2.24) is 29.9 Å². The molecule has 500 valence electrons. The maximum Gasteiger partial charge on any atom is 0.488 e. The highest BCUT2D eigenvalue weighted by Gasteiger charge is 2.26. The van der Waals surface area contributed by atoms with Crippen LogP contribution in [0.15, 0.2) is 361 Å². The van der Waals surface area contributed by atoms with Crippen molar-refractivity contribution < 1.29 is 18.9 Å². The SMILES string of the molecule is C.C.Clc1ccc(-c2nc(-c3ccccc3)nc(-c3ccccc3)n2)c2oc3c(-c4ccccc4)cc(-c4ccccc4)cc3c12.OB(O)c1ccccc1.c1ccc(-c2cc(-c3ccccc3)c3oc4c(-c5nc(-c6ccccc6)nc(-c6ccccc6)n5)ccc(-c5ccccc5)c4c3c2)cc1. The molecule has 10 nitrogen and oxygen atoms in total. The van der Waals surface area contributed by atoms with Crippen LogP contribution >= 0.6 is 11.6 Å². The molecule has 104 heavy (non-hydrogen) atoms. The van der Waals surface area contributed by atoms with Crippen LogP contribution in [0.25, 0.3) is 168 Å². The Balaban J connectivity index is 0.000000155. The molecule has 18 rings (SSSR count). The molecular formula is C92H68BClN6O4. The van der Waals surface area contributed by atoms with Crippen molar-refractivity contribution >= 4 is 68.1 Å². The summed E-state index contributed by atoms with van der Waals surface area (Å²) in [5.41, 5.74) is 19.5. The third kappa shape index (κ3) is 14.1. The van der Waals surface area contributed by atoms with Gasteiger partial charge in [-0.15, -0.1) is 0 Å². The Morgan fingerprint density at radius 1 is 0.231 bits per heavy atom. The van der Waals surface area contributed by atoms with Crippen molar-refractivity contribution in [2.75, 3.05) is 0 Å². The molecule has 0 aliphatic heterocycles. The summed E-state index contributed by atoms with van der Waals surface area (Å²) in [5.74, 6) is 3.47. The van der Waals surface area contributed by atoms with Gasteiger partial charge in [0, 0.05) is 54.9 Å². The first-order valence-corrected chi connectivity index (χ1v) is 33.9. The van der Waals surface area contributed by atoms with E-state index in [0.717, 1.165) is 127 Å². The summed E-state index contributed by atoms with van der Waals surface area (Å²) in [4.78, 5) is 29.9. The van der Waals surface area contributed by atoms with Crippen LogP contribution < -0.4 is 5.46 Å². The zero-order chi connectivity index (χ0) is 68.7. The smallest absolute Gasteiger partial charge is 0.455 e. The number of rotatable bonds is 12. The second-order valence-corrected chi connectivity index (χ2v) is 24.8. The van der Waals surface area contributed by atoms with Crippen molar-refractivity contribution in [3.8, 4) is 124 Å². The largest absolute Gasteiger partial charge is 0.488 e. The Kier molecular flexibility index (Phi) is 20.2. The van der Waals surface area contributed by atoms with Gasteiger partial charge in [-0.25, -0.2) is 29.9 Å². The van der Waals surface area contributed by atoms with Crippen LogP contribution in [0.3, 0.4) is 0 Å². The number of aromatic nitrogens is 6. The lowest BCUT2D eigenvalue weighted by atomic mass is 9.81. The van der Waals surface area contributed by atoms with E-state index in [1.807, 2.05) is 176 Å². The minimum atomic E-state index is -1.34. The Morgan fingerprint density at radius 2 is 0.490 bits per heavy atom. The average molecular weight is 1370 g/mol. The van der Waals surface area contributed by atoms with Crippen molar-refractivity contribution in [3.05, 3.63) is 357 Å². The number of halogens is 1. The predicted molar refractivity (Wildman–Crippen MR) is 429 cm³/mol. The van der Waals surface area contributed by atoms with Gasteiger partial charge in [-0.2, -0.15) is 0 Å². The molecule has 4 heterocycles. The number of hydrogen-bond donors (Lipinski definition) is 2. The van der Waals surface area contributed by atoms with Crippen molar-refractivity contribution in [3.63, 3.8) is 0 Å². The first-order valence-electron chi connectivity index (χ1n) is 33.5. The van der Waals surface area contributed by atoms with Crippen LogP contribution in [0.1, 0.15) is 14.9 Å². The van der Waals surface area contributed by atoms with Crippen LogP contribution in [0, 0.1) is 0 Å². The summed E-state index contributed by atoms with van der Waals surface area (Å²) in [6.07, 6.45) is 0. The van der Waals surface area contributed by atoms with Gasteiger partial charge in [0.2, 0.25) is 0 Å². The Labute approximate surface area is 608 Å². The van der Waals surface area contributed by atoms with Gasteiger partial charge in [-0.1, -0.05) is 336 Å². The summed E-state index contributed by atoms with van der Waals surface area (Å²) >= 11 is 6.97. The highest BCUT2D eigenvalue weighted by molar-refractivity contribution is 6.58. The molecular weight excluding hydrogens is 1300 g/mol. The van der Waals surface area contributed by atoms with Crippen molar-refractivity contribution in [2.24, 2.45) is 0 Å². The van der Waals surface area contributed by atoms with Crippen LogP contribution in [0.4, 0.5) is 0 Å². The third-order valence-corrected chi connectivity index (χ3v) is 18.2. The molecule has 0 amide bonds.